The van der Waals surface area contributed by atoms with Crippen molar-refractivity contribution < 1.29 is 19.1 Å². The number of carbonyl (C=O) groups is 2. The molecule has 0 atom stereocenters. The van der Waals surface area contributed by atoms with Crippen LogP contribution in [0.5, 0.6) is 11.5 Å². The first-order valence-corrected chi connectivity index (χ1v) is 10.4. The summed E-state index contributed by atoms with van der Waals surface area (Å²) in [4.78, 5) is 26.7. The average molecular weight is 412 g/mol. The predicted octanol–water partition coefficient (Wildman–Crippen LogP) is 5.21. The van der Waals surface area contributed by atoms with Crippen LogP contribution in [-0.2, 0) is 4.79 Å². The molecule has 2 aromatic rings. The minimum absolute atomic E-state index is 0.0156. The summed E-state index contributed by atoms with van der Waals surface area (Å²) in [5.74, 6) is 1.16. The number of para-hydroxylation sites is 1. The van der Waals surface area contributed by atoms with E-state index >= 15 is 0 Å². The molecular formula is C23H25NO4S. The summed E-state index contributed by atoms with van der Waals surface area (Å²) in [7, 11) is 0. The Bertz CT molecular complexity index is 952. The van der Waals surface area contributed by atoms with Crippen molar-refractivity contribution in [2.24, 2.45) is 0 Å². The molecule has 1 aliphatic rings. The molecule has 1 heterocycles. The van der Waals surface area contributed by atoms with Crippen molar-refractivity contribution in [1.29, 1.82) is 0 Å². The maximum Gasteiger partial charge on any atom is 0.293 e. The molecule has 1 saturated heterocycles. The molecule has 5 nitrogen and oxygen atoms in total. The molecule has 1 aliphatic heterocycles. The highest BCUT2D eigenvalue weighted by atomic mass is 32.2. The summed E-state index contributed by atoms with van der Waals surface area (Å²) >= 11 is 0.943. The van der Waals surface area contributed by atoms with Crippen LogP contribution in [0, 0.1) is 13.8 Å². The number of hydrogen-bond donors (Lipinski definition) is 0. The van der Waals surface area contributed by atoms with Gasteiger partial charge in [0.1, 0.15) is 18.1 Å². The molecule has 6 heteroatoms. The minimum Gasteiger partial charge on any atom is -0.491 e. The maximum absolute atomic E-state index is 12.7. The van der Waals surface area contributed by atoms with Gasteiger partial charge in [-0.3, -0.25) is 14.5 Å². The van der Waals surface area contributed by atoms with Gasteiger partial charge in [-0.25, -0.2) is 0 Å². The Morgan fingerprint density at radius 2 is 1.83 bits per heavy atom. The fourth-order valence-electron chi connectivity index (χ4n) is 2.90. The average Bonchev–Trinajstić information content (AvgIpc) is 2.93. The molecule has 29 heavy (non-hydrogen) atoms. The van der Waals surface area contributed by atoms with E-state index in [2.05, 4.69) is 0 Å². The number of amides is 2. The Labute approximate surface area is 175 Å². The summed E-state index contributed by atoms with van der Waals surface area (Å²) < 4.78 is 11.6. The molecule has 1 fully saturated rings. The van der Waals surface area contributed by atoms with Crippen LogP contribution in [0.15, 0.2) is 47.4 Å². The first-order valence-electron chi connectivity index (χ1n) is 9.56. The molecule has 3 rings (SSSR count). The van der Waals surface area contributed by atoms with Gasteiger partial charge < -0.3 is 9.47 Å². The van der Waals surface area contributed by atoms with Gasteiger partial charge in [-0.05, 0) is 68.8 Å². The second-order valence-corrected chi connectivity index (χ2v) is 8.15. The van der Waals surface area contributed by atoms with Crippen LogP contribution in [-0.4, -0.2) is 35.3 Å². The summed E-state index contributed by atoms with van der Waals surface area (Å²) in [5.41, 5.74) is 2.90. The molecule has 0 radical (unpaired) electrons. The fourth-order valence-corrected chi connectivity index (χ4v) is 3.76. The van der Waals surface area contributed by atoms with Crippen molar-refractivity contribution in [1.82, 2.24) is 4.90 Å². The zero-order valence-electron chi connectivity index (χ0n) is 17.1. The van der Waals surface area contributed by atoms with Crippen LogP contribution in [0.1, 0.15) is 30.5 Å². The third kappa shape index (κ3) is 5.21. The van der Waals surface area contributed by atoms with Crippen molar-refractivity contribution in [2.45, 2.75) is 33.8 Å². The smallest absolute Gasteiger partial charge is 0.293 e. The van der Waals surface area contributed by atoms with E-state index in [0.717, 1.165) is 34.2 Å². The molecule has 0 bridgehead atoms. The summed E-state index contributed by atoms with van der Waals surface area (Å²) in [6.45, 7) is 8.31. The van der Waals surface area contributed by atoms with Gasteiger partial charge in [0.2, 0.25) is 0 Å². The van der Waals surface area contributed by atoms with E-state index in [0.29, 0.717) is 10.7 Å². The molecule has 0 unspecified atom stereocenters. The SMILES string of the molecule is Cc1ccc(C)c(OCCN2C(=O)S/C(=C\c3ccccc3OC(C)C)C2=O)c1. The Kier molecular flexibility index (Phi) is 6.64. The van der Waals surface area contributed by atoms with E-state index in [4.69, 9.17) is 9.47 Å². The molecule has 152 valence electrons. The zero-order valence-corrected chi connectivity index (χ0v) is 17.9. The van der Waals surface area contributed by atoms with Crippen molar-refractivity contribution in [3.05, 3.63) is 64.1 Å². The highest BCUT2D eigenvalue weighted by Gasteiger charge is 2.35. The number of thioether (sulfide) groups is 1. The summed E-state index contributed by atoms with van der Waals surface area (Å²) in [6, 6.07) is 13.4. The standard InChI is InChI=1S/C23H25NO4S/c1-15(2)28-19-8-6-5-7-18(19)14-21-22(25)24(23(26)29-21)11-12-27-20-13-16(3)9-10-17(20)4/h5-10,13-15H,11-12H2,1-4H3/b21-14-. The normalized spacial score (nSPS) is 15.5. The van der Waals surface area contributed by atoms with Gasteiger partial charge in [-0.15, -0.1) is 0 Å². The topological polar surface area (TPSA) is 55.8 Å². The zero-order chi connectivity index (χ0) is 21.0. The maximum atomic E-state index is 12.7. The highest BCUT2D eigenvalue weighted by Crippen LogP contribution is 2.34. The van der Waals surface area contributed by atoms with Crippen molar-refractivity contribution >= 4 is 29.0 Å². The van der Waals surface area contributed by atoms with Crippen molar-refractivity contribution in [3.63, 3.8) is 0 Å². The van der Waals surface area contributed by atoms with Crippen molar-refractivity contribution in [3.8, 4) is 11.5 Å². The Hall–Kier alpha value is -2.73. The molecule has 0 spiro atoms. The van der Waals surface area contributed by atoms with Crippen LogP contribution in [0.3, 0.4) is 0 Å². The largest absolute Gasteiger partial charge is 0.491 e. The molecule has 0 saturated carbocycles. The first kappa shape index (κ1) is 21.0. The fraction of sp³-hybridized carbons (Fsp3) is 0.304. The highest BCUT2D eigenvalue weighted by molar-refractivity contribution is 8.18. The number of nitrogens with zero attached hydrogens (tertiary/aromatic N) is 1. The Balaban J connectivity index is 1.68. The van der Waals surface area contributed by atoms with Crippen LogP contribution in [0.25, 0.3) is 6.08 Å². The quantitative estimate of drug-likeness (QED) is 0.586. The molecular weight excluding hydrogens is 386 g/mol. The Morgan fingerprint density at radius 1 is 1.07 bits per heavy atom. The second kappa shape index (κ2) is 9.18. The van der Waals surface area contributed by atoms with Gasteiger partial charge in [0.15, 0.2) is 0 Å². The van der Waals surface area contributed by atoms with E-state index in [1.807, 2.05) is 70.2 Å². The van der Waals surface area contributed by atoms with E-state index in [-0.39, 0.29) is 30.4 Å². The van der Waals surface area contributed by atoms with E-state index in [1.54, 1.807) is 6.08 Å². The van der Waals surface area contributed by atoms with Gasteiger partial charge in [0.25, 0.3) is 11.1 Å². The van der Waals surface area contributed by atoms with E-state index in [1.165, 1.54) is 4.90 Å². The number of carbonyl (C=O) groups excluding carboxylic acids is 2. The van der Waals surface area contributed by atoms with Gasteiger partial charge in [0, 0.05) is 5.56 Å². The molecule has 2 aromatic carbocycles. The number of imide groups is 1. The van der Waals surface area contributed by atoms with E-state index in [9.17, 15) is 9.59 Å². The monoisotopic (exact) mass is 411 g/mol. The second-order valence-electron chi connectivity index (χ2n) is 7.16. The molecule has 0 N–H and O–H groups in total. The number of rotatable bonds is 7. The van der Waals surface area contributed by atoms with Gasteiger partial charge in [0.05, 0.1) is 17.6 Å². The molecule has 0 aliphatic carbocycles. The van der Waals surface area contributed by atoms with Crippen LogP contribution in [0.2, 0.25) is 0 Å². The van der Waals surface area contributed by atoms with E-state index < -0.39 is 0 Å². The summed E-state index contributed by atoms with van der Waals surface area (Å²) in [5, 5.41) is -0.284. The number of hydrogen-bond acceptors (Lipinski definition) is 5. The van der Waals surface area contributed by atoms with Gasteiger partial charge in [-0.2, -0.15) is 0 Å². The first-order chi connectivity index (χ1) is 13.8. The minimum atomic E-state index is -0.302. The lowest BCUT2D eigenvalue weighted by molar-refractivity contribution is -0.123. The van der Waals surface area contributed by atoms with Crippen molar-refractivity contribution in [2.75, 3.05) is 13.2 Å². The predicted molar refractivity (Wildman–Crippen MR) is 116 cm³/mol. The molecule has 0 aromatic heterocycles. The van der Waals surface area contributed by atoms with Crippen LogP contribution >= 0.6 is 11.8 Å². The number of benzene rings is 2. The number of aryl methyl sites for hydroxylation is 2. The lowest BCUT2D eigenvalue weighted by Crippen LogP contribution is -2.32. The Morgan fingerprint density at radius 3 is 2.59 bits per heavy atom. The third-order valence-corrected chi connectivity index (χ3v) is 5.27. The van der Waals surface area contributed by atoms with Gasteiger partial charge >= 0.3 is 0 Å². The summed E-state index contributed by atoms with van der Waals surface area (Å²) in [6.07, 6.45) is 1.73. The van der Waals surface area contributed by atoms with Crippen LogP contribution in [0.4, 0.5) is 4.79 Å². The third-order valence-electron chi connectivity index (χ3n) is 4.36. The lowest BCUT2D eigenvalue weighted by atomic mass is 10.1. The van der Waals surface area contributed by atoms with Gasteiger partial charge in [-0.1, -0.05) is 30.3 Å². The lowest BCUT2D eigenvalue weighted by Gasteiger charge is -2.15. The van der Waals surface area contributed by atoms with Crippen LogP contribution < -0.4 is 9.47 Å². The molecule has 2 amide bonds. The number of ether oxygens (including phenoxy) is 2.